The fourth-order valence-corrected chi connectivity index (χ4v) is 6.75. The lowest BCUT2D eigenvalue weighted by atomic mass is 9.86. The summed E-state index contributed by atoms with van der Waals surface area (Å²) in [5.41, 5.74) is 1.38. The Hall–Kier alpha value is -2.18. The fraction of sp³-hybridized carbons (Fsp3) is 0.625. The maximum absolute atomic E-state index is 13.5. The SMILES string of the molecule is COS(=O)(=O)CC[N+](C)(C)CCCNCCCCNc1cc(S(=O)(=O)c2ccc(OC(C)(C)C)cc2)ccc1C(C)(C)C. The van der Waals surface area contributed by atoms with Gasteiger partial charge in [-0.3, -0.25) is 4.18 Å². The van der Waals surface area contributed by atoms with Gasteiger partial charge in [0.15, 0.2) is 0 Å². The van der Waals surface area contributed by atoms with Crippen molar-refractivity contribution in [2.45, 2.75) is 81.6 Å². The van der Waals surface area contributed by atoms with Gasteiger partial charge in [0.2, 0.25) is 9.84 Å². The Bertz CT molecular complexity index is 1380. The smallest absolute Gasteiger partial charge is 0.272 e. The first-order valence-corrected chi connectivity index (χ1v) is 18.1. The molecule has 0 fully saturated rings. The first-order valence-electron chi connectivity index (χ1n) is 15.0. The van der Waals surface area contributed by atoms with Crippen molar-refractivity contribution in [1.29, 1.82) is 0 Å². The first-order chi connectivity index (χ1) is 19.8. The van der Waals surface area contributed by atoms with Crippen molar-refractivity contribution in [1.82, 2.24) is 5.32 Å². The molecule has 0 aromatic heterocycles. The summed E-state index contributed by atoms with van der Waals surface area (Å²) in [7, 11) is -1.87. The van der Waals surface area contributed by atoms with Crippen LogP contribution >= 0.6 is 0 Å². The second-order valence-electron chi connectivity index (χ2n) is 13.7. The van der Waals surface area contributed by atoms with Gasteiger partial charge in [-0.1, -0.05) is 26.8 Å². The number of unbranched alkanes of at least 4 members (excludes halogenated alkanes) is 1. The molecule has 0 aliphatic rings. The number of ether oxygens (including phenoxy) is 1. The molecular formula is C32H54N3O6S2+. The minimum atomic E-state index is -3.70. The second-order valence-corrected chi connectivity index (χ2v) is 17.5. The van der Waals surface area contributed by atoms with E-state index < -0.39 is 20.0 Å². The maximum atomic E-state index is 13.5. The molecule has 0 radical (unpaired) electrons. The zero-order valence-electron chi connectivity index (χ0n) is 27.6. The number of quaternary nitrogens is 1. The van der Waals surface area contributed by atoms with E-state index in [0.717, 1.165) is 56.7 Å². The van der Waals surface area contributed by atoms with Gasteiger partial charge in [-0.05, 0) is 87.5 Å². The van der Waals surface area contributed by atoms with Crippen molar-refractivity contribution < 1.29 is 30.2 Å². The molecule has 0 aliphatic heterocycles. The molecule has 0 saturated carbocycles. The molecule has 0 spiro atoms. The molecular weight excluding hydrogens is 587 g/mol. The minimum absolute atomic E-state index is 0.0167. The quantitative estimate of drug-likeness (QED) is 0.138. The highest BCUT2D eigenvalue weighted by Gasteiger charge is 2.24. The molecule has 11 heteroatoms. The molecule has 244 valence electrons. The zero-order chi connectivity index (χ0) is 32.5. The molecule has 2 N–H and O–H groups in total. The van der Waals surface area contributed by atoms with Crippen molar-refractivity contribution in [3.63, 3.8) is 0 Å². The Morgan fingerprint density at radius 2 is 1.35 bits per heavy atom. The summed E-state index contributed by atoms with van der Waals surface area (Å²) in [6.07, 6.45) is 2.85. The first kappa shape index (κ1) is 37.0. The number of sulfone groups is 1. The van der Waals surface area contributed by atoms with Crippen LogP contribution in [0.1, 0.15) is 66.4 Å². The van der Waals surface area contributed by atoms with E-state index in [2.05, 4.69) is 35.6 Å². The van der Waals surface area contributed by atoms with Gasteiger partial charge in [-0.15, -0.1) is 0 Å². The zero-order valence-corrected chi connectivity index (χ0v) is 29.3. The minimum Gasteiger partial charge on any atom is -0.488 e. The average Bonchev–Trinajstić information content (AvgIpc) is 2.90. The predicted molar refractivity (Wildman–Crippen MR) is 175 cm³/mol. The summed E-state index contributed by atoms with van der Waals surface area (Å²) in [6, 6.07) is 12.0. The molecule has 0 unspecified atom stereocenters. The number of rotatable bonds is 17. The van der Waals surface area contributed by atoms with E-state index in [1.165, 1.54) is 7.11 Å². The number of anilines is 1. The van der Waals surface area contributed by atoms with Crippen LogP contribution in [0, 0.1) is 0 Å². The second kappa shape index (κ2) is 15.2. The number of hydrogen-bond donors (Lipinski definition) is 2. The lowest BCUT2D eigenvalue weighted by molar-refractivity contribution is -0.888. The molecule has 43 heavy (non-hydrogen) atoms. The van der Waals surface area contributed by atoms with Crippen LogP contribution in [0.25, 0.3) is 0 Å². The Kier molecular flexibility index (Phi) is 13.1. The number of hydrogen-bond acceptors (Lipinski definition) is 8. The maximum Gasteiger partial charge on any atom is 0.272 e. The molecule has 0 amide bonds. The normalized spacial score (nSPS) is 13.2. The van der Waals surface area contributed by atoms with Crippen LogP contribution in [0.5, 0.6) is 5.75 Å². The van der Waals surface area contributed by atoms with Gasteiger partial charge in [0, 0.05) is 25.2 Å². The van der Waals surface area contributed by atoms with Crippen LogP contribution in [0.3, 0.4) is 0 Å². The van der Waals surface area contributed by atoms with Crippen LogP contribution in [-0.2, 0) is 29.6 Å². The van der Waals surface area contributed by atoms with E-state index in [4.69, 9.17) is 4.74 Å². The van der Waals surface area contributed by atoms with E-state index in [-0.39, 0.29) is 26.6 Å². The summed E-state index contributed by atoms with van der Waals surface area (Å²) in [6.45, 7) is 16.1. The highest BCUT2D eigenvalue weighted by molar-refractivity contribution is 7.91. The summed E-state index contributed by atoms with van der Waals surface area (Å²) in [5.74, 6) is 0.646. The summed E-state index contributed by atoms with van der Waals surface area (Å²) < 4.78 is 61.2. The third kappa shape index (κ3) is 12.8. The van der Waals surface area contributed by atoms with Gasteiger partial charge in [0.25, 0.3) is 10.1 Å². The van der Waals surface area contributed by atoms with E-state index >= 15 is 0 Å². The number of nitrogens with zero attached hydrogens (tertiary/aromatic N) is 1. The van der Waals surface area contributed by atoms with E-state index in [1.54, 1.807) is 36.4 Å². The van der Waals surface area contributed by atoms with Gasteiger partial charge >= 0.3 is 0 Å². The predicted octanol–water partition coefficient (Wildman–Crippen LogP) is 5.22. The molecule has 0 heterocycles. The van der Waals surface area contributed by atoms with Crippen molar-refractivity contribution in [3.8, 4) is 5.75 Å². The van der Waals surface area contributed by atoms with Crippen molar-refractivity contribution >= 4 is 25.6 Å². The van der Waals surface area contributed by atoms with Crippen LogP contribution < -0.4 is 15.4 Å². The molecule has 0 saturated heterocycles. The van der Waals surface area contributed by atoms with Gasteiger partial charge in [-0.25, -0.2) is 8.42 Å². The molecule has 2 aromatic rings. The lowest BCUT2D eigenvalue weighted by Gasteiger charge is -2.29. The number of benzene rings is 2. The van der Waals surface area contributed by atoms with Crippen LogP contribution in [0.15, 0.2) is 52.3 Å². The molecule has 2 rings (SSSR count). The van der Waals surface area contributed by atoms with Gasteiger partial charge in [0.05, 0.1) is 44.1 Å². The Balaban J connectivity index is 1.91. The van der Waals surface area contributed by atoms with Crippen LogP contribution in [0.4, 0.5) is 5.69 Å². The van der Waals surface area contributed by atoms with E-state index in [1.807, 2.05) is 40.9 Å². The Morgan fingerprint density at radius 1 is 0.767 bits per heavy atom. The molecule has 0 aliphatic carbocycles. The standard InChI is InChI=1S/C32H54N3O6S2/c1-31(2,3)29-18-17-28(43(38,39)27-15-13-26(14-16-27)41-32(4,5)6)25-30(29)34-21-11-10-19-33-20-12-22-35(7,8)23-24-42(36,37)40-9/h13-18,25,33-34H,10-12,19-24H2,1-9H3/q+1. The Labute approximate surface area is 261 Å². The topological polar surface area (TPSA) is 111 Å². The van der Waals surface area contributed by atoms with Crippen LogP contribution in [-0.4, -0.2) is 86.6 Å². The highest BCUT2D eigenvalue weighted by atomic mass is 32.2. The Morgan fingerprint density at radius 3 is 1.93 bits per heavy atom. The molecule has 9 nitrogen and oxygen atoms in total. The van der Waals surface area contributed by atoms with Gasteiger partial charge in [-0.2, -0.15) is 8.42 Å². The molecule has 0 atom stereocenters. The monoisotopic (exact) mass is 640 g/mol. The van der Waals surface area contributed by atoms with Gasteiger partial charge in [0.1, 0.15) is 17.1 Å². The summed E-state index contributed by atoms with van der Waals surface area (Å²) in [4.78, 5) is 0.492. The average molecular weight is 641 g/mol. The van der Waals surface area contributed by atoms with E-state index in [0.29, 0.717) is 16.8 Å². The molecule has 0 bridgehead atoms. The van der Waals surface area contributed by atoms with Crippen molar-refractivity contribution in [3.05, 3.63) is 48.0 Å². The van der Waals surface area contributed by atoms with Gasteiger partial charge < -0.3 is 19.9 Å². The van der Waals surface area contributed by atoms with Crippen molar-refractivity contribution in [2.24, 2.45) is 0 Å². The largest absolute Gasteiger partial charge is 0.488 e. The van der Waals surface area contributed by atoms with Crippen molar-refractivity contribution in [2.75, 3.05) is 65.0 Å². The fourth-order valence-electron chi connectivity index (χ4n) is 4.58. The molecule has 2 aromatic carbocycles. The third-order valence-corrected chi connectivity index (χ3v) is 10.0. The highest BCUT2D eigenvalue weighted by Crippen LogP contribution is 2.33. The third-order valence-electron chi connectivity index (χ3n) is 7.08. The summed E-state index contributed by atoms with van der Waals surface area (Å²) in [5, 5.41) is 6.97. The number of nitrogens with one attached hydrogen (secondary N) is 2. The summed E-state index contributed by atoms with van der Waals surface area (Å²) >= 11 is 0. The van der Waals surface area contributed by atoms with Crippen LogP contribution in [0.2, 0.25) is 0 Å². The van der Waals surface area contributed by atoms with E-state index in [9.17, 15) is 16.8 Å². The lowest BCUT2D eigenvalue weighted by Crippen LogP contribution is -2.44.